The molecule has 50 heavy (non-hydrogen) atoms. The summed E-state index contributed by atoms with van der Waals surface area (Å²) in [6, 6.07) is 0. The zero-order valence-electron chi connectivity index (χ0n) is 25.8. The van der Waals surface area contributed by atoms with Gasteiger partial charge in [0.05, 0.1) is 19.3 Å². The Morgan fingerprint density at radius 2 is 1.66 bits per heavy atom. The van der Waals surface area contributed by atoms with Crippen LogP contribution in [-0.2, 0) is 53.4 Å². The average molecular weight is 759 g/mol. The Bertz CT molecular complexity index is 1960. The van der Waals surface area contributed by atoms with Gasteiger partial charge < -0.3 is 50.3 Å². The largest absolute Gasteiger partial charge is 0.698 e. The fourth-order valence-electron chi connectivity index (χ4n) is 5.62. The Hall–Kier alpha value is -3.64. The number of hydrogen-bond acceptors (Lipinski definition) is 21. The summed E-state index contributed by atoms with van der Waals surface area (Å²) in [5.74, 6) is 0.167. The van der Waals surface area contributed by atoms with Gasteiger partial charge in [0.1, 0.15) is 61.3 Å². The minimum absolute atomic E-state index is 0.0383. The standard InChI is InChI=1S/C24H29N11O12P2S/c1-27-2-3-40-24(37)45-17-15-11(44-23(17)35-9-33-13-19(26)29-7-31-21(13)35)4-41-48(38)46-16-14(36)10(5-42-49(39,50)47-15)43-22(16)34-8-32-12-18(25)28-6-30-20(12)34/h6-11,14-17,22-23,27,36H,2-5H2,1H3,(H4-,25,26,28,29,30,31,39,50)/p+1/t10-,11-,14-,15-,16-,17-,22-,23-,49?/m1/s1. The molecular formula is C24H30N11O12P2S+. The van der Waals surface area contributed by atoms with Crippen LogP contribution in [0.3, 0.4) is 0 Å². The number of imidazole rings is 2. The van der Waals surface area contributed by atoms with Gasteiger partial charge in [0.2, 0.25) is 0 Å². The third-order valence-corrected chi connectivity index (χ3v) is 10.3. The Labute approximate surface area is 286 Å². The lowest BCUT2D eigenvalue weighted by atomic mass is 10.1. The van der Waals surface area contributed by atoms with E-state index >= 15 is 0 Å². The van der Waals surface area contributed by atoms with Crippen LogP contribution in [0.25, 0.3) is 22.3 Å². The van der Waals surface area contributed by atoms with Gasteiger partial charge in [0, 0.05) is 11.1 Å². The van der Waals surface area contributed by atoms with Crippen molar-refractivity contribution in [1.82, 2.24) is 44.4 Å². The molecule has 7 heterocycles. The van der Waals surface area contributed by atoms with E-state index in [2.05, 4.69) is 35.2 Å². The van der Waals surface area contributed by atoms with Crippen molar-refractivity contribution in [3.63, 3.8) is 0 Å². The number of aliphatic hydroxyl groups excluding tert-OH is 1. The van der Waals surface area contributed by atoms with Crippen molar-refractivity contribution in [1.29, 1.82) is 0 Å². The topological polar surface area (TPSA) is 300 Å². The molecule has 10 atom stereocenters. The van der Waals surface area contributed by atoms with Gasteiger partial charge in [0.15, 0.2) is 47.6 Å². The van der Waals surface area contributed by atoms with Crippen molar-refractivity contribution in [2.24, 2.45) is 0 Å². The number of fused-ring (bicyclic) bond motifs is 5. The maximum Gasteiger partial charge on any atom is 0.698 e. The van der Waals surface area contributed by atoms with Gasteiger partial charge in [-0.1, -0.05) is 0 Å². The average Bonchev–Trinajstić information content (AvgIpc) is 3.85. The third-order valence-electron chi connectivity index (χ3n) is 7.93. The van der Waals surface area contributed by atoms with Crippen LogP contribution in [0.15, 0.2) is 25.3 Å². The number of hydrogen-bond donors (Lipinski definition) is 5. The zero-order valence-corrected chi connectivity index (χ0v) is 28.4. The first-order chi connectivity index (χ1) is 24.0. The number of aromatic nitrogens is 8. The number of ether oxygens (including phenoxy) is 4. The predicted molar refractivity (Wildman–Crippen MR) is 169 cm³/mol. The van der Waals surface area contributed by atoms with Crippen molar-refractivity contribution in [3.8, 4) is 0 Å². The quantitative estimate of drug-likeness (QED) is 0.0933. The molecule has 3 aliphatic heterocycles. The molecule has 268 valence electrons. The Balaban J connectivity index is 1.20. The smallest absolute Gasteiger partial charge is 0.433 e. The number of likely N-dealkylation sites (N-methyl/N-ethyl adjacent to an activating group) is 1. The molecule has 2 unspecified atom stereocenters. The van der Waals surface area contributed by atoms with Crippen molar-refractivity contribution in [3.05, 3.63) is 25.3 Å². The Morgan fingerprint density at radius 1 is 1.02 bits per heavy atom. The second-order valence-corrected chi connectivity index (χ2v) is 14.7. The maximum absolute atomic E-state index is 13.3. The lowest BCUT2D eigenvalue weighted by Gasteiger charge is -2.27. The zero-order chi connectivity index (χ0) is 35.2. The van der Waals surface area contributed by atoms with E-state index in [1.54, 1.807) is 7.05 Å². The van der Waals surface area contributed by atoms with Gasteiger partial charge in [-0.15, -0.1) is 9.05 Å². The number of anilines is 2. The van der Waals surface area contributed by atoms with Gasteiger partial charge >= 0.3 is 21.1 Å². The molecule has 0 aromatic carbocycles. The van der Waals surface area contributed by atoms with Crippen LogP contribution in [0.1, 0.15) is 12.5 Å². The van der Waals surface area contributed by atoms with E-state index in [0.717, 1.165) is 0 Å². The van der Waals surface area contributed by atoms with E-state index in [9.17, 15) is 19.4 Å². The summed E-state index contributed by atoms with van der Waals surface area (Å²) < 4.78 is 62.0. The van der Waals surface area contributed by atoms with Gasteiger partial charge in [0.25, 0.3) is 0 Å². The fourth-order valence-corrected chi connectivity index (χ4v) is 7.82. The third kappa shape index (κ3) is 6.73. The molecule has 7 N–H and O–H groups in total. The van der Waals surface area contributed by atoms with Crippen LogP contribution in [0, 0.1) is 0 Å². The molecule has 3 saturated heterocycles. The van der Waals surface area contributed by atoms with Gasteiger partial charge in [-0.2, -0.15) is 0 Å². The molecule has 0 aliphatic carbocycles. The van der Waals surface area contributed by atoms with Crippen molar-refractivity contribution in [2.75, 3.05) is 44.9 Å². The number of carbonyl (C=O) groups is 1. The van der Waals surface area contributed by atoms with Crippen LogP contribution in [-0.4, -0.2) is 125 Å². The molecule has 4 aromatic rings. The van der Waals surface area contributed by atoms with E-state index in [0.29, 0.717) is 6.54 Å². The van der Waals surface area contributed by atoms with Crippen molar-refractivity contribution in [2.45, 2.75) is 49.1 Å². The first-order valence-corrected chi connectivity index (χ1v) is 18.5. The van der Waals surface area contributed by atoms with E-state index in [4.69, 9.17) is 60.3 Å². The van der Waals surface area contributed by atoms with Crippen LogP contribution in [0.2, 0.25) is 0 Å². The Kier molecular flexibility index (Phi) is 9.86. The highest BCUT2D eigenvalue weighted by atomic mass is 32.5. The molecule has 4 aromatic heterocycles. The highest BCUT2D eigenvalue weighted by Gasteiger charge is 2.56. The van der Waals surface area contributed by atoms with E-state index in [-0.39, 0.29) is 40.6 Å². The van der Waals surface area contributed by atoms with E-state index in [1.807, 2.05) is 0 Å². The molecule has 26 heteroatoms. The van der Waals surface area contributed by atoms with Gasteiger partial charge in [-0.05, 0) is 18.9 Å². The second kappa shape index (κ2) is 14.2. The first-order valence-electron chi connectivity index (χ1n) is 14.8. The van der Waals surface area contributed by atoms with E-state index in [1.165, 1.54) is 34.4 Å². The fraction of sp³-hybridized carbons (Fsp3) is 0.542. The summed E-state index contributed by atoms with van der Waals surface area (Å²) in [5, 5.41) is 14.0. The lowest BCUT2D eigenvalue weighted by Crippen LogP contribution is -2.39. The monoisotopic (exact) mass is 758 g/mol. The lowest BCUT2D eigenvalue weighted by molar-refractivity contribution is -0.0625. The van der Waals surface area contributed by atoms with Gasteiger partial charge in [-0.3, -0.25) is 13.7 Å². The van der Waals surface area contributed by atoms with Crippen LogP contribution < -0.4 is 16.8 Å². The minimum Gasteiger partial charge on any atom is -0.433 e. The normalized spacial score (nSPS) is 32.7. The summed E-state index contributed by atoms with van der Waals surface area (Å²) in [6.45, 7) is -5.02. The summed E-state index contributed by atoms with van der Waals surface area (Å²) in [7, 11) is -1.33. The molecule has 7 rings (SSSR count). The number of nitrogens with two attached hydrogens (primary N) is 2. The number of rotatable bonds is 6. The maximum atomic E-state index is 13.3. The number of nitrogen functional groups attached to an aromatic ring is 2. The predicted octanol–water partition coefficient (Wildman–Crippen LogP) is -0.581. The molecule has 0 amide bonds. The number of nitrogens with zero attached hydrogens (tertiary/aromatic N) is 8. The summed E-state index contributed by atoms with van der Waals surface area (Å²) >= 11 is 5.35. The molecule has 23 nitrogen and oxygen atoms in total. The number of nitrogens with one attached hydrogen (secondary N) is 1. The highest BCUT2D eigenvalue weighted by Crippen LogP contribution is 2.51. The summed E-state index contributed by atoms with van der Waals surface area (Å²) in [6.07, 6.45) is -6.53. The molecule has 0 spiro atoms. The molecule has 2 bridgehead atoms. The number of aliphatic hydroxyl groups is 1. The molecule has 0 radical (unpaired) electrons. The highest BCUT2D eigenvalue weighted by molar-refractivity contribution is 8.07. The minimum atomic E-state index is -4.26. The summed E-state index contributed by atoms with van der Waals surface area (Å²) in [5.41, 5.74) is 12.8. The Morgan fingerprint density at radius 3 is 2.32 bits per heavy atom. The molecule has 3 aliphatic rings. The molecule has 0 saturated carbocycles. The van der Waals surface area contributed by atoms with Crippen LogP contribution in [0.4, 0.5) is 16.4 Å². The summed E-state index contributed by atoms with van der Waals surface area (Å²) in [4.78, 5) is 48.9. The first kappa shape index (κ1) is 34.8. The van der Waals surface area contributed by atoms with Crippen LogP contribution >= 0.6 is 15.0 Å². The van der Waals surface area contributed by atoms with E-state index < -0.39 is 83.4 Å². The molecular weight excluding hydrogens is 728 g/mol. The second-order valence-electron chi connectivity index (χ2n) is 11.0. The molecule has 3 fully saturated rings. The van der Waals surface area contributed by atoms with Crippen molar-refractivity contribution >= 4 is 66.9 Å². The van der Waals surface area contributed by atoms with Crippen LogP contribution in [0.5, 0.6) is 0 Å². The van der Waals surface area contributed by atoms with Gasteiger partial charge in [-0.25, -0.2) is 34.7 Å². The van der Waals surface area contributed by atoms with Crippen molar-refractivity contribution < 1.29 is 56.4 Å². The number of carbonyl (C=O) groups excluding carboxylic acids is 1. The SMILES string of the molecule is CNCCOC(=O)O[C@@H]1[C@@H]2OP(O)(=S)OC[C@H]3O[C@@H](n4cnc5c(N)ncnc54)[C@H](O[P+](=O)OC[C@H]2O[C@H]1n1cnc2c(N)ncnc21)[C@@H]3O.